The molecule has 2 atom stereocenters. The standard InChI is InChI=1S/C14H21NO/c1-10-8-12(10)13-5-4-11(16-13)9-15-14(2)6-3-7-14/h4-5,10,12,15H,3,6-9H2,1-2H3. The third-order valence-electron chi connectivity index (χ3n) is 4.30. The molecule has 16 heavy (non-hydrogen) atoms. The number of rotatable bonds is 4. The minimum absolute atomic E-state index is 0.375. The summed E-state index contributed by atoms with van der Waals surface area (Å²) in [5.74, 6) is 3.83. The van der Waals surface area contributed by atoms with Gasteiger partial charge in [-0.3, -0.25) is 0 Å². The van der Waals surface area contributed by atoms with Crippen molar-refractivity contribution in [3.05, 3.63) is 23.7 Å². The van der Waals surface area contributed by atoms with Crippen LogP contribution in [0.5, 0.6) is 0 Å². The Morgan fingerprint density at radius 3 is 2.75 bits per heavy atom. The Labute approximate surface area is 97.4 Å². The Hall–Kier alpha value is -0.760. The Morgan fingerprint density at radius 1 is 1.44 bits per heavy atom. The monoisotopic (exact) mass is 219 g/mol. The lowest BCUT2D eigenvalue weighted by Crippen LogP contribution is -2.47. The third-order valence-corrected chi connectivity index (χ3v) is 4.30. The van der Waals surface area contributed by atoms with E-state index in [9.17, 15) is 0 Å². The lowest BCUT2D eigenvalue weighted by molar-refractivity contribution is 0.200. The molecule has 0 bridgehead atoms. The van der Waals surface area contributed by atoms with E-state index in [2.05, 4.69) is 31.3 Å². The summed E-state index contributed by atoms with van der Waals surface area (Å²) >= 11 is 0. The quantitative estimate of drug-likeness (QED) is 0.839. The second-order valence-electron chi connectivity index (χ2n) is 5.89. The highest BCUT2D eigenvalue weighted by Crippen LogP contribution is 2.47. The maximum absolute atomic E-state index is 5.88. The SMILES string of the molecule is CC1CC1c1ccc(CNC2(C)CCC2)o1. The summed E-state index contributed by atoms with van der Waals surface area (Å²) in [6.07, 6.45) is 5.28. The molecule has 3 rings (SSSR count). The topological polar surface area (TPSA) is 25.2 Å². The summed E-state index contributed by atoms with van der Waals surface area (Å²) in [6.45, 7) is 5.49. The molecule has 0 amide bonds. The Kier molecular flexibility index (Phi) is 2.36. The van der Waals surface area contributed by atoms with E-state index in [4.69, 9.17) is 4.42 Å². The minimum atomic E-state index is 0.375. The van der Waals surface area contributed by atoms with Crippen molar-refractivity contribution in [1.29, 1.82) is 0 Å². The van der Waals surface area contributed by atoms with Gasteiger partial charge in [0.25, 0.3) is 0 Å². The van der Waals surface area contributed by atoms with Crippen LogP contribution in [-0.2, 0) is 6.54 Å². The van der Waals surface area contributed by atoms with E-state index in [1.54, 1.807) is 0 Å². The largest absolute Gasteiger partial charge is 0.464 e. The molecule has 88 valence electrons. The van der Waals surface area contributed by atoms with Crippen LogP contribution in [0.1, 0.15) is 57.0 Å². The molecule has 2 saturated carbocycles. The molecule has 0 saturated heterocycles. The second kappa shape index (κ2) is 3.63. The summed E-state index contributed by atoms with van der Waals surface area (Å²) in [4.78, 5) is 0. The van der Waals surface area contributed by atoms with Crippen LogP contribution in [0.3, 0.4) is 0 Å². The van der Waals surface area contributed by atoms with Crippen molar-refractivity contribution in [2.75, 3.05) is 0 Å². The van der Waals surface area contributed by atoms with Crippen LogP contribution in [0.25, 0.3) is 0 Å². The van der Waals surface area contributed by atoms with Crippen LogP contribution in [0.15, 0.2) is 16.5 Å². The van der Waals surface area contributed by atoms with Gasteiger partial charge in [-0.1, -0.05) is 6.92 Å². The van der Waals surface area contributed by atoms with Gasteiger partial charge >= 0.3 is 0 Å². The van der Waals surface area contributed by atoms with Crippen LogP contribution in [0.2, 0.25) is 0 Å². The molecule has 0 aromatic carbocycles. The molecule has 2 aliphatic rings. The normalized spacial score (nSPS) is 31.1. The van der Waals surface area contributed by atoms with Gasteiger partial charge in [-0.2, -0.15) is 0 Å². The summed E-state index contributed by atoms with van der Waals surface area (Å²) in [6, 6.07) is 4.30. The molecule has 0 radical (unpaired) electrons. The lowest BCUT2D eigenvalue weighted by Gasteiger charge is -2.39. The van der Waals surface area contributed by atoms with Crippen LogP contribution in [0, 0.1) is 5.92 Å². The van der Waals surface area contributed by atoms with E-state index in [1.807, 2.05) is 0 Å². The van der Waals surface area contributed by atoms with E-state index >= 15 is 0 Å². The van der Waals surface area contributed by atoms with E-state index in [-0.39, 0.29) is 0 Å². The summed E-state index contributed by atoms with van der Waals surface area (Å²) < 4.78 is 5.88. The molecule has 0 aliphatic heterocycles. The fourth-order valence-corrected chi connectivity index (χ4v) is 2.59. The predicted molar refractivity (Wildman–Crippen MR) is 64.3 cm³/mol. The van der Waals surface area contributed by atoms with Gasteiger partial charge < -0.3 is 9.73 Å². The summed E-state index contributed by atoms with van der Waals surface area (Å²) in [5.41, 5.74) is 0.375. The first-order valence-corrected chi connectivity index (χ1v) is 6.50. The molecule has 2 nitrogen and oxygen atoms in total. The van der Waals surface area contributed by atoms with Crippen molar-refractivity contribution in [2.24, 2.45) is 5.92 Å². The number of furan rings is 1. The molecule has 1 aromatic rings. The van der Waals surface area contributed by atoms with Crippen molar-refractivity contribution in [3.63, 3.8) is 0 Å². The Morgan fingerprint density at radius 2 is 2.19 bits per heavy atom. The minimum Gasteiger partial charge on any atom is -0.464 e. The van der Waals surface area contributed by atoms with Crippen LogP contribution < -0.4 is 5.32 Å². The maximum Gasteiger partial charge on any atom is 0.117 e. The summed E-state index contributed by atoms with van der Waals surface area (Å²) in [7, 11) is 0. The van der Waals surface area contributed by atoms with Gasteiger partial charge in [-0.05, 0) is 50.7 Å². The highest BCUT2D eigenvalue weighted by molar-refractivity contribution is 5.17. The summed E-state index contributed by atoms with van der Waals surface area (Å²) in [5, 5.41) is 3.60. The van der Waals surface area contributed by atoms with Crippen molar-refractivity contribution >= 4 is 0 Å². The van der Waals surface area contributed by atoms with E-state index in [1.165, 1.54) is 31.4 Å². The van der Waals surface area contributed by atoms with Gasteiger partial charge in [0.05, 0.1) is 6.54 Å². The van der Waals surface area contributed by atoms with Gasteiger partial charge in [0.2, 0.25) is 0 Å². The molecule has 2 heteroatoms. The zero-order valence-electron chi connectivity index (χ0n) is 10.3. The fraction of sp³-hybridized carbons (Fsp3) is 0.714. The van der Waals surface area contributed by atoms with Crippen molar-refractivity contribution in [2.45, 2.75) is 57.5 Å². The van der Waals surface area contributed by atoms with Gasteiger partial charge in [-0.15, -0.1) is 0 Å². The first kappa shape index (κ1) is 10.4. The molecule has 2 unspecified atom stereocenters. The van der Waals surface area contributed by atoms with Gasteiger partial charge in [-0.25, -0.2) is 0 Å². The molecule has 0 spiro atoms. The predicted octanol–water partition coefficient (Wildman–Crippen LogP) is 3.44. The van der Waals surface area contributed by atoms with Crippen molar-refractivity contribution < 1.29 is 4.42 Å². The number of nitrogens with one attached hydrogen (secondary N) is 1. The number of hydrogen-bond acceptors (Lipinski definition) is 2. The lowest BCUT2D eigenvalue weighted by atomic mass is 9.78. The average molecular weight is 219 g/mol. The smallest absolute Gasteiger partial charge is 0.117 e. The second-order valence-corrected chi connectivity index (χ2v) is 5.89. The zero-order valence-corrected chi connectivity index (χ0v) is 10.3. The first-order valence-electron chi connectivity index (χ1n) is 6.50. The Bertz CT molecular complexity index is 378. The molecular weight excluding hydrogens is 198 g/mol. The number of hydrogen-bond donors (Lipinski definition) is 1. The Balaban J connectivity index is 1.56. The molecule has 2 aliphatic carbocycles. The molecule has 2 fully saturated rings. The highest BCUT2D eigenvalue weighted by Gasteiger charge is 2.36. The van der Waals surface area contributed by atoms with Gasteiger partial charge in [0, 0.05) is 11.5 Å². The maximum atomic E-state index is 5.88. The van der Waals surface area contributed by atoms with Crippen molar-refractivity contribution in [3.8, 4) is 0 Å². The van der Waals surface area contributed by atoms with Crippen LogP contribution in [0.4, 0.5) is 0 Å². The van der Waals surface area contributed by atoms with E-state index < -0.39 is 0 Å². The average Bonchev–Trinajstić information content (AvgIpc) is 2.78. The first-order chi connectivity index (χ1) is 7.66. The van der Waals surface area contributed by atoms with Crippen LogP contribution >= 0.6 is 0 Å². The van der Waals surface area contributed by atoms with E-state index in [0.717, 1.165) is 18.2 Å². The molecule has 1 aromatic heterocycles. The highest BCUT2D eigenvalue weighted by atomic mass is 16.3. The third kappa shape index (κ3) is 1.91. The van der Waals surface area contributed by atoms with Gasteiger partial charge in [0.15, 0.2) is 0 Å². The molecular formula is C14H21NO. The zero-order chi connectivity index (χ0) is 11.2. The van der Waals surface area contributed by atoms with Gasteiger partial charge in [0.1, 0.15) is 11.5 Å². The molecule has 1 heterocycles. The fourth-order valence-electron chi connectivity index (χ4n) is 2.59. The van der Waals surface area contributed by atoms with Crippen LogP contribution in [-0.4, -0.2) is 5.54 Å². The molecule has 1 N–H and O–H groups in total. The van der Waals surface area contributed by atoms with E-state index in [0.29, 0.717) is 11.5 Å². The van der Waals surface area contributed by atoms with Crippen molar-refractivity contribution in [1.82, 2.24) is 5.32 Å².